The van der Waals surface area contributed by atoms with E-state index in [0.717, 1.165) is 35.3 Å². The maximum Gasteiger partial charge on any atom is 0.337 e. The second kappa shape index (κ2) is 14.8. The molecule has 5 rings (SSSR count). The van der Waals surface area contributed by atoms with Gasteiger partial charge < -0.3 is 24.2 Å². The number of ether oxygens (including phenoxy) is 3. The number of anilines is 1. The molecule has 2 aromatic heterocycles. The van der Waals surface area contributed by atoms with Gasteiger partial charge in [0.25, 0.3) is 0 Å². The maximum absolute atomic E-state index is 15.0. The highest BCUT2D eigenvalue weighted by molar-refractivity contribution is 5.80. The van der Waals surface area contributed by atoms with Crippen molar-refractivity contribution in [3.8, 4) is 28.1 Å². The lowest BCUT2D eigenvalue weighted by Crippen LogP contribution is -2.45. The monoisotopic (exact) mass is 683 g/mol. The number of aliphatic carboxylic acids is 1. The Kier molecular flexibility index (Phi) is 10.9. The number of pyridine rings is 1. The fraction of sp³-hybridized carbons (Fsp3) is 0.415. The van der Waals surface area contributed by atoms with Crippen LogP contribution in [0.4, 0.5) is 10.2 Å². The number of halogens is 1. The Balaban J connectivity index is 1.64. The van der Waals surface area contributed by atoms with Crippen LogP contribution in [0, 0.1) is 19.7 Å². The number of hydrogen-bond donors (Lipinski definition) is 1. The summed E-state index contributed by atoms with van der Waals surface area (Å²) in [7, 11) is 0. The first-order valence-electron chi connectivity index (χ1n) is 17.2. The van der Waals surface area contributed by atoms with E-state index in [2.05, 4.69) is 25.0 Å². The Morgan fingerprint density at radius 2 is 1.78 bits per heavy atom. The number of rotatable bonds is 13. The second-order valence-electron chi connectivity index (χ2n) is 14.5. The van der Waals surface area contributed by atoms with Crippen molar-refractivity contribution in [2.75, 3.05) is 24.6 Å². The molecule has 8 nitrogen and oxygen atoms in total. The van der Waals surface area contributed by atoms with Gasteiger partial charge in [-0.2, -0.15) is 0 Å². The lowest BCUT2D eigenvalue weighted by atomic mass is 9.92. The van der Waals surface area contributed by atoms with Gasteiger partial charge in [-0.3, -0.25) is 4.40 Å². The van der Waals surface area contributed by atoms with Crippen molar-refractivity contribution in [3.05, 3.63) is 96.5 Å². The Labute approximate surface area is 295 Å². The van der Waals surface area contributed by atoms with E-state index < -0.39 is 17.7 Å². The van der Waals surface area contributed by atoms with Gasteiger partial charge in [-0.1, -0.05) is 30.4 Å². The maximum atomic E-state index is 15.0. The third-order valence-electron chi connectivity index (χ3n) is 9.16. The Morgan fingerprint density at radius 1 is 1.08 bits per heavy atom. The van der Waals surface area contributed by atoms with Crippen molar-refractivity contribution in [2.24, 2.45) is 0 Å². The summed E-state index contributed by atoms with van der Waals surface area (Å²) in [5.74, 6) is -0.0309. The van der Waals surface area contributed by atoms with Crippen LogP contribution in [-0.4, -0.2) is 57.5 Å². The molecule has 0 saturated carbocycles. The Bertz CT molecular complexity index is 1880. The van der Waals surface area contributed by atoms with E-state index >= 15 is 0 Å². The molecule has 1 aliphatic rings. The molecule has 0 bridgehead atoms. The van der Waals surface area contributed by atoms with E-state index in [4.69, 9.17) is 19.2 Å². The summed E-state index contributed by atoms with van der Waals surface area (Å²) >= 11 is 0. The van der Waals surface area contributed by atoms with Gasteiger partial charge in [0.2, 0.25) is 0 Å². The summed E-state index contributed by atoms with van der Waals surface area (Å²) in [6.07, 6.45) is 6.33. The molecule has 0 radical (unpaired) electrons. The third-order valence-corrected chi connectivity index (χ3v) is 9.16. The van der Waals surface area contributed by atoms with E-state index in [9.17, 15) is 14.3 Å². The number of fused-ring (bicyclic) bond motifs is 1. The topological polar surface area (TPSA) is 85.5 Å². The minimum absolute atomic E-state index is 0.133. The van der Waals surface area contributed by atoms with Crippen molar-refractivity contribution in [3.63, 3.8) is 0 Å². The molecule has 4 aromatic rings. The smallest absolute Gasteiger partial charge is 0.337 e. The second-order valence-corrected chi connectivity index (χ2v) is 14.5. The first-order chi connectivity index (χ1) is 23.6. The molecule has 2 atom stereocenters. The number of carboxylic acids is 1. The molecular weight excluding hydrogens is 633 g/mol. The molecule has 1 aliphatic heterocycles. The highest BCUT2D eigenvalue weighted by Crippen LogP contribution is 2.40. The van der Waals surface area contributed by atoms with Crippen LogP contribution in [0.15, 0.2) is 74.0 Å². The summed E-state index contributed by atoms with van der Waals surface area (Å²) in [5, 5.41) is 10.5. The van der Waals surface area contributed by atoms with E-state index in [1.165, 1.54) is 6.07 Å². The van der Waals surface area contributed by atoms with Crippen molar-refractivity contribution in [1.82, 2.24) is 9.38 Å². The average Bonchev–Trinajstić information content (AvgIpc) is 3.48. The van der Waals surface area contributed by atoms with Gasteiger partial charge in [0.1, 0.15) is 23.0 Å². The largest absolute Gasteiger partial charge is 0.490 e. The van der Waals surface area contributed by atoms with E-state index in [1.54, 1.807) is 25.1 Å². The molecule has 1 fully saturated rings. The van der Waals surface area contributed by atoms with Gasteiger partial charge in [0.15, 0.2) is 6.10 Å². The summed E-state index contributed by atoms with van der Waals surface area (Å²) in [6.45, 7) is 22.7. The average molecular weight is 684 g/mol. The summed E-state index contributed by atoms with van der Waals surface area (Å²) < 4.78 is 35.6. The zero-order chi connectivity index (χ0) is 36.4. The number of piperidine rings is 1. The third kappa shape index (κ3) is 8.11. The van der Waals surface area contributed by atoms with E-state index in [0.29, 0.717) is 59.9 Å². The van der Waals surface area contributed by atoms with Crippen molar-refractivity contribution >= 4 is 17.4 Å². The van der Waals surface area contributed by atoms with Crippen LogP contribution in [0.1, 0.15) is 76.7 Å². The van der Waals surface area contributed by atoms with Crippen LogP contribution in [0.3, 0.4) is 0 Å². The lowest BCUT2D eigenvalue weighted by Gasteiger charge is -2.41. The molecule has 2 aromatic carbocycles. The number of hydrogen-bond acceptors (Lipinski definition) is 6. The quantitative estimate of drug-likeness (QED) is 0.141. The number of benzene rings is 2. The van der Waals surface area contributed by atoms with Crippen LogP contribution >= 0.6 is 0 Å². The van der Waals surface area contributed by atoms with Gasteiger partial charge in [0, 0.05) is 42.4 Å². The van der Waals surface area contributed by atoms with Gasteiger partial charge in [0.05, 0.1) is 29.6 Å². The van der Waals surface area contributed by atoms with Crippen LogP contribution < -0.4 is 9.64 Å². The summed E-state index contributed by atoms with van der Waals surface area (Å²) in [6, 6.07) is 13.0. The molecule has 1 saturated heterocycles. The standard InChI is InChI=1S/C41H50FN3O5/c1-10-13-28(5)49-34-21-26(3)32(42)24-31(34)29-14-12-15-30(23-29)33-25-45-35(43-33)22-27(4)36(37(39(46)47)50-40(6,7)8)38(45)44-18-16-41(9,17-19-44)48-20-11-2/h10-12,14-15,21-25,28,37H,1-2,13,16-20H2,3-9H3,(H,46,47). The number of nitrogens with zero attached hydrogens (tertiary/aromatic N) is 3. The van der Waals surface area contributed by atoms with Gasteiger partial charge in [-0.05, 0) is 102 Å². The normalized spacial score (nSPS) is 15.9. The molecule has 0 spiro atoms. The number of imidazole rings is 1. The fourth-order valence-electron chi connectivity index (χ4n) is 6.54. The Hall–Kier alpha value is -4.47. The molecule has 0 amide bonds. The first-order valence-corrected chi connectivity index (χ1v) is 17.2. The molecule has 1 N–H and O–H groups in total. The number of carboxylic acid groups (broad SMARTS) is 1. The summed E-state index contributed by atoms with van der Waals surface area (Å²) in [4.78, 5) is 20.1. The molecule has 3 heterocycles. The minimum atomic E-state index is -1.20. The number of carbonyl (C=O) groups is 1. The number of aromatic nitrogens is 2. The predicted molar refractivity (Wildman–Crippen MR) is 198 cm³/mol. The zero-order valence-electron chi connectivity index (χ0n) is 30.4. The van der Waals surface area contributed by atoms with Crippen molar-refractivity contribution < 1.29 is 28.5 Å². The molecule has 50 heavy (non-hydrogen) atoms. The highest BCUT2D eigenvalue weighted by Gasteiger charge is 2.37. The summed E-state index contributed by atoms with van der Waals surface area (Å²) in [5.41, 5.74) is 4.49. The molecular formula is C41H50FN3O5. The molecule has 9 heteroatoms. The molecule has 0 aliphatic carbocycles. The van der Waals surface area contributed by atoms with Crippen molar-refractivity contribution in [1.29, 1.82) is 0 Å². The van der Waals surface area contributed by atoms with E-state index in [1.807, 2.05) is 75.5 Å². The minimum Gasteiger partial charge on any atom is -0.490 e. The van der Waals surface area contributed by atoms with Crippen LogP contribution in [0.25, 0.3) is 28.0 Å². The molecule has 2 unspecified atom stereocenters. The fourth-order valence-corrected chi connectivity index (χ4v) is 6.54. The SMILES string of the molecule is C=CCOC1(C)CCN(c2c(C(OC(C)(C)C)C(=O)O)c(C)cc3nc(-c4cccc(-c5cc(F)c(C)cc5OC(C)CC=C)c4)cn23)CC1. The van der Waals surface area contributed by atoms with Crippen LogP contribution in [-0.2, 0) is 14.3 Å². The first kappa shape index (κ1) is 36.8. The van der Waals surface area contributed by atoms with Crippen molar-refractivity contribution in [2.45, 2.75) is 91.1 Å². The van der Waals surface area contributed by atoms with Gasteiger partial charge >= 0.3 is 5.97 Å². The zero-order valence-corrected chi connectivity index (χ0v) is 30.4. The highest BCUT2D eigenvalue weighted by atomic mass is 19.1. The predicted octanol–water partition coefficient (Wildman–Crippen LogP) is 9.27. The van der Waals surface area contributed by atoms with Crippen LogP contribution in [0.2, 0.25) is 0 Å². The van der Waals surface area contributed by atoms with E-state index in [-0.39, 0.29) is 17.5 Å². The Morgan fingerprint density at radius 3 is 2.42 bits per heavy atom. The molecule has 266 valence electrons. The number of aryl methyl sites for hydroxylation is 2. The van der Waals surface area contributed by atoms with Crippen LogP contribution in [0.5, 0.6) is 5.75 Å². The van der Waals surface area contributed by atoms with Gasteiger partial charge in [-0.15, -0.1) is 13.2 Å². The lowest BCUT2D eigenvalue weighted by molar-refractivity contribution is -0.160. The van der Waals surface area contributed by atoms with Gasteiger partial charge in [-0.25, -0.2) is 14.2 Å².